The summed E-state index contributed by atoms with van der Waals surface area (Å²) in [6.45, 7) is 3.89. The van der Waals surface area contributed by atoms with Crippen molar-refractivity contribution in [3.63, 3.8) is 0 Å². The highest BCUT2D eigenvalue weighted by Gasteiger charge is 2.24. The van der Waals surface area contributed by atoms with Gasteiger partial charge in [-0.15, -0.1) is 11.3 Å². The number of nitrogens with zero attached hydrogens (tertiary/aromatic N) is 1. The van der Waals surface area contributed by atoms with E-state index in [1.54, 1.807) is 24.4 Å². The van der Waals surface area contributed by atoms with Crippen molar-refractivity contribution in [3.05, 3.63) is 94.6 Å². The molecule has 0 saturated carbocycles. The molecule has 2 heterocycles. The standard InChI is InChI=1S/C28H22N2O4S/c1-3-33-28(32)25-23(19-11-9-18(2)10-12-19)17-35-27(25)30-26(31)21(16-29)15-22-13-14-24(34-22)20-7-5-4-6-8-20/h4-15,17H,3H2,1-2H3,(H,30,31)/b21-15+. The second-order valence-corrected chi connectivity index (χ2v) is 8.51. The molecular weight excluding hydrogens is 460 g/mol. The largest absolute Gasteiger partial charge is 0.462 e. The van der Waals surface area contributed by atoms with Gasteiger partial charge < -0.3 is 14.5 Å². The first-order valence-corrected chi connectivity index (χ1v) is 11.8. The molecule has 0 aliphatic heterocycles. The van der Waals surface area contributed by atoms with Crippen LogP contribution in [0, 0.1) is 18.3 Å². The Bertz CT molecular complexity index is 1420. The Morgan fingerprint density at radius 1 is 1.06 bits per heavy atom. The summed E-state index contributed by atoms with van der Waals surface area (Å²) in [4.78, 5) is 25.7. The van der Waals surface area contributed by atoms with Crippen LogP contribution in [0.5, 0.6) is 0 Å². The van der Waals surface area contributed by atoms with Crippen LogP contribution in [0.15, 0.2) is 82.1 Å². The lowest BCUT2D eigenvalue weighted by atomic mass is 10.0. The maximum atomic E-state index is 13.0. The quantitative estimate of drug-likeness (QED) is 0.180. The summed E-state index contributed by atoms with van der Waals surface area (Å²) in [6, 6.07) is 22.6. The van der Waals surface area contributed by atoms with Gasteiger partial charge in [0.2, 0.25) is 0 Å². The summed E-state index contributed by atoms with van der Waals surface area (Å²) in [7, 11) is 0. The average molecular weight is 483 g/mol. The van der Waals surface area contributed by atoms with E-state index in [9.17, 15) is 14.9 Å². The van der Waals surface area contributed by atoms with Crippen LogP contribution < -0.4 is 5.32 Å². The molecule has 0 aliphatic carbocycles. The Kier molecular flexibility index (Phi) is 7.24. The van der Waals surface area contributed by atoms with E-state index in [4.69, 9.17) is 9.15 Å². The zero-order valence-corrected chi connectivity index (χ0v) is 20.0. The molecule has 4 aromatic rings. The Hall–Kier alpha value is -4.41. The number of carbonyl (C=O) groups is 2. The minimum Gasteiger partial charge on any atom is -0.462 e. The van der Waals surface area contributed by atoms with E-state index in [0.717, 1.165) is 16.7 Å². The second-order valence-electron chi connectivity index (χ2n) is 7.63. The number of hydrogen-bond donors (Lipinski definition) is 1. The fourth-order valence-corrected chi connectivity index (χ4v) is 4.40. The third-order valence-electron chi connectivity index (χ3n) is 5.20. The minimum atomic E-state index is -0.645. The van der Waals surface area contributed by atoms with Crippen LogP contribution in [0.3, 0.4) is 0 Å². The van der Waals surface area contributed by atoms with Gasteiger partial charge in [-0.25, -0.2) is 4.79 Å². The average Bonchev–Trinajstić information content (AvgIpc) is 3.51. The number of hydrogen-bond acceptors (Lipinski definition) is 6. The van der Waals surface area contributed by atoms with Gasteiger partial charge in [0.25, 0.3) is 5.91 Å². The van der Waals surface area contributed by atoms with E-state index in [2.05, 4.69) is 5.32 Å². The summed E-state index contributed by atoms with van der Waals surface area (Å²) in [6.07, 6.45) is 1.38. The predicted molar refractivity (Wildman–Crippen MR) is 137 cm³/mol. The smallest absolute Gasteiger partial charge is 0.341 e. The fraction of sp³-hybridized carbons (Fsp3) is 0.107. The first kappa shape index (κ1) is 23.7. The lowest BCUT2D eigenvalue weighted by Gasteiger charge is -2.09. The first-order chi connectivity index (χ1) is 17.0. The van der Waals surface area contributed by atoms with Crippen molar-refractivity contribution in [2.75, 3.05) is 11.9 Å². The van der Waals surface area contributed by atoms with E-state index in [0.29, 0.717) is 22.1 Å². The Balaban J connectivity index is 1.62. The van der Waals surface area contributed by atoms with Crippen molar-refractivity contribution in [3.8, 4) is 28.5 Å². The second kappa shape index (κ2) is 10.7. The predicted octanol–water partition coefficient (Wildman–Crippen LogP) is 6.71. The number of benzene rings is 2. The number of furan rings is 1. The number of nitrogens with one attached hydrogen (secondary N) is 1. The van der Waals surface area contributed by atoms with Gasteiger partial charge in [0.05, 0.1) is 6.61 Å². The van der Waals surface area contributed by atoms with Gasteiger partial charge in [-0.2, -0.15) is 5.26 Å². The maximum absolute atomic E-state index is 13.0. The number of anilines is 1. The number of thiophene rings is 1. The molecule has 0 radical (unpaired) electrons. The van der Waals surface area contributed by atoms with Gasteiger partial charge in [0, 0.05) is 22.6 Å². The van der Waals surface area contributed by atoms with E-state index in [-0.39, 0.29) is 17.7 Å². The van der Waals surface area contributed by atoms with Gasteiger partial charge in [0.15, 0.2) is 0 Å². The number of aryl methyl sites for hydroxylation is 1. The highest BCUT2D eigenvalue weighted by Crippen LogP contribution is 2.36. The molecular formula is C28H22N2O4S. The normalized spacial score (nSPS) is 11.1. The van der Waals surface area contributed by atoms with E-state index in [1.165, 1.54) is 17.4 Å². The molecule has 35 heavy (non-hydrogen) atoms. The molecule has 0 atom stereocenters. The van der Waals surface area contributed by atoms with Crippen molar-refractivity contribution < 1.29 is 18.7 Å². The van der Waals surface area contributed by atoms with Crippen LogP contribution in [0.1, 0.15) is 28.6 Å². The molecule has 0 unspecified atom stereocenters. The van der Waals surface area contributed by atoms with Gasteiger partial charge in [0.1, 0.15) is 33.7 Å². The summed E-state index contributed by atoms with van der Waals surface area (Å²) in [5.74, 6) is -0.193. The zero-order chi connectivity index (χ0) is 24.8. The molecule has 1 amide bonds. The number of nitriles is 1. The van der Waals surface area contributed by atoms with Crippen molar-refractivity contribution in [1.29, 1.82) is 5.26 Å². The molecule has 174 valence electrons. The molecule has 0 spiro atoms. The lowest BCUT2D eigenvalue weighted by molar-refractivity contribution is -0.112. The van der Waals surface area contributed by atoms with E-state index < -0.39 is 11.9 Å². The molecule has 2 aromatic carbocycles. The van der Waals surface area contributed by atoms with Crippen LogP contribution in [-0.4, -0.2) is 18.5 Å². The molecule has 7 heteroatoms. The number of carbonyl (C=O) groups excluding carboxylic acids is 2. The van der Waals surface area contributed by atoms with Crippen molar-refractivity contribution in [2.24, 2.45) is 0 Å². The SMILES string of the molecule is CCOC(=O)c1c(-c2ccc(C)cc2)csc1NC(=O)/C(C#N)=C/c1ccc(-c2ccccc2)o1. The zero-order valence-electron chi connectivity index (χ0n) is 19.2. The first-order valence-electron chi connectivity index (χ1n) is 10.9. The van der Waals surface area contributed by atoms with Gasteiger partial charge in [-0.3, -0.25) is 4.79 Å². The van der Waals surface area contributed by atoms with Crippen LogP contribution in [0.25, 0.3) is 28.5 Å². The Morgan fingerprint density at radius 3 is 2.49 bits per heavy atom. The minimum absolute atomic E-state index is 0.154. The Labute approximate surface area is 207 Å². The third-order valence-corrected chi connectivity index (χ3v) is 6.09. The third kappa shape index (κ3) is 5.40. The molecule has 0 aliphatic rings. The highest BCUT2D eigenvalue weighted by atomic mass is 32.1. The number of amides is 1. The molecule has 6 nitrogen and oxygen atoms in total. The van der Waals surface area contributed by atoms with E-state index >= 15 is 0 Å². The molecule has 0 fully saturated rings. The fourth-order valence-electron chi connectivity index (χ4n) is 3.45. The topological polar surface area (TPSA) is 92.3 Å². The van der Waals surface area contributed by atoms with Crippen LogP contribution in [0.4, 0.5) is 5.00 Å². The van der Waals surface area contributed by atoms with Crippen LogP contribution in [-0.2, 0) is 9.53 Å². The molecule has 0 saturated heterocycles. The Morgan fingerprint density at radius 2 is 1.80 bits per heavy atom. The number of esters is 1. The van der Waals surface area contributed by atoms with Crippen molar-refractivity contribution in [1.82, 2.24) is 0 Å². The number of rotatable bonds is 7. The van der Waals surface area contributed by atoms with E-state index in [1.807, 2.05) is 67.6 Å². The summed E-state index contributed by atoms with van der Waals surface area (Å²) < 4.78 is 11.0. The van der Waals surface area contributed by atoms with Gasteiger partial charge >= 0.3 is 5.97 Å². The molecule has 1 N–H and O–H groups in total. The van der Waals surface area contributed by atoms with Crippen molar-refractivity contribution in [2.45, 2.75) is 13.8 Å². The molecule has 2 aromatic heterocycles. The summed E-state index contributed by atoms with van der Waals surface area (Å²) in [5.41, 5.74) is 3.57. The molecule has 0 bridgehead atoms. The lowest BCUT2D eigenvalue weighted by Crippen LogP contribution is -2.16. The van der Waals surface area contributed by atoms with Gasteiger partial charge in [-0.05, 0) is 31.5 Å². The monoisotopic (exact) mass is 482 g/mol. The number of ether oxygens (including phenoxy) is 1. The van der Waals surface area contributed by atoms with Crippen molar-refractivity contribution >= 4 is 34.3 Å². The highest BCUT2D eigenvalue weighted by molar-refractivity contribution is 7.15. The van der Waals surface area contributed by atoms with Crippen LogP contribution >= 0.6 is 11.3 Å². The van der Waals surface area contributed by atoms with Crippen LogP contribution in [0.2, 0.25) is 0 Å². The maximum Gasteiger partial charge on any atom is 0.341 e. The molecule has 4 rings (SSSR count). The van der Waals surface area contributed by atoms with Gasteiger partial charge in [-0.1, -0.05) is 60.2 Å². The summed E-state index contributed by atoms with van der Waals surface area (Å²) in [5, 5.41) is 14.4. The summed E-state index contributed by atoms with van der Waals surface area (Å²) >= 11 is 1.20.